The zero-order valence-electron chi connectivity index (χ0n) is 20.2. The van der Waals surface area contributed by atoms with E-state index in [0.717, 1.165) is 70.2 Å². The van der Waals surface area contributed by atoms with Crippen LogP contribution in [0.25, 0.3) is 0 Å². The smallest absolute Gasteiger partial charge is 0.191 e. The van der Waals surface area contributed by atoms with Crippen LogP contribution >= 0.6 is 0 Å². The number of nitrogens with one attached hydrogen (secondary N) is 2. The number of ether oxygens (including phenoxy) is 1. The summed E-state index contributed by atoms with van der Waals surface area (Å²) in [5.41, 5.74) is 4.81. The van der Waals surface area contributed by atoms with E-state index in [4.69, 9.17) is 9.73 Å². The molecule has 0 amide bonds. The van der Waals surface area contributed by atoms with Crippen LogP contribution in [0, 0.1) is 13.8 Å². The molecule has 1 aliphatic rings. The number of hydrogen-bond donors (Lipinski definition) is 2. The molecule has 0 unspecified atom stereocenters. The van der Waals surface area contributed by atoms with Crippen molar-refractivity contribution in [2.75, 3.05) is 32.8 Å². The predicted octanol–water partition coefficient (Wildman–Crippen LogP) is 3.16. The Kier molecular flexibility index (Phi) is 9.56. The molecule has 1 saturated heterocycles. The number of aromatic nitrogens is 2. The first-order chi connectivity index (χ1) is 15.6. The van der Waals surface area contributed by atoms with Crippen LogP contribution in [-0.4, -0.2) is 59.5 Å². The first-order valence-corrected chi connectivity index (χ1v) is 12.0. The Labute approximate surface area is 193 Å². The standard InChI is InChI=1S/C25H40N6O/c1-5-26-25(28-18-24-20(2)29-30(4)21(24)3)27-14-9-17-32-23-12-15-31(16-13-23)19-22-10-7-6-8-11-22/h6-8,10-11,23H,5,9,12-19H2,1-4H3,(H2,26,27,28). The molecule has 0 spiro atoms. The van der Waals surface area contributed by atoms with Gasteiger partial charge in [0.2, 0.25) is 0 Å². The van der Waals surface area contributed by atoms with E-state index in [-0.39, 0.29) is 0 Å². The minimum Gasteiger partial charge on any atom is -0.378 e. The van der Waals surface area contributed by atoms with E-state index < -0.39 is 0 Å². The molecule has 1 aliphatic heterocycles. The molecule has 2 N–H and O–H groups in total. The zero-order valence-corrected chi connectivity index (χ0v) is 20.2. The van der Waals surface area contributed by atoms with Gasteiger partial charge in [0.25, 0.3) is 0 Å². The van der Waals surface area contributed by atoms with Crippen molar-refractivity contribution in [3.63, 3.8) is 0 Å². The van der Waals surface area contributed by atoms with Crippen molar-refractivity contribution in [3.05, 3.63) is 52.8 Å². The average molecular weight is 441 g/mol. The van der Waals surface area contributed by atoms with Gasteiger partial charge in [-0.15, -0.1) is 0 Å². The fourth-order valence-corrected chi connectivity index (χ4v) is 4.15. The van der Waals surface area contributed by atoms with Crippen molar-refractivity contribution in [1.29, 1.82) is 0 Å². The summed E-state index contributed by atoms with van der Waals surface area (Å²) < 4.78 is 8.07. The maximum atomic E-state index is 6.15. The van der Waals surface area contributed by atoms with Crippen molar-refractivity contribution in [1.82, 2.24) is 25.3 Å². The molecule has 2 aromatic rings. The normalized spacial score (nSPS) is 15.8. The number of benzene rings is 1. The molecule has 0 aliphatic carbocycles. The molecule has 0 bridgehead atoms. The highest BCUT2D eigenvalue weighted by Crippen LogP contribution is 2.16. The number of guanidine groups is 1. The molecule has 1 aromatic heterocycles. The van der Waals surface area contributed by atoms with Gasteiger partial charge in [0, 0.05) is 57.6 Å². The number of aryl methyl sites for hydroxylation is 2. The number of nitrogens with zero attached hydrogens (tertiary/aromatic N) is 4. The zero-order chi connectivity index (χ0) is 22.8. The largest absolute Gasteiger partial charge is 0.378 e. The van der Waals surface area contributed by atoms with Crippen molar-refractivity contribution in [3.8, 4) is 0 Å². The molecule has 0 radical (unpaired) electrons. The fraction of sp³-hybridized carbons (Fsp3) is 0.600. The Morgan fingerprint density at radius 3 is 2.56 bits per heavy atom. The van der Waals surface area contributed by atoms with Crippen LogP contribution in [0.4, 0.5) is 0 Å². The molecule has 2 heterocycles. The van der Waals surface area contributed by atoms with E-state index >= 15 is 0 Å². The summed E-state index contributed by atoms with van der Waals surface area (Å²) in [6.07, 6.45) is 3.60. The Bertz CT molecular complexity index is 840. The quantitative estimate of drug-likeness (QED) is 0.337. The average Bonchev–Trinajstić information content (AvgIpc) is 3.04. The second kappa shape index (κ2) is 12.6. The fourth-order valence-electron chi connectivity index (χ4n) is 4.15. The summed E-state index contributed by atoms with van der Waals surface area (Å²) in [6, 6.07) is 10.7. The number of likely N-dealkylation sites (tertiary alicyclic amines) is 1. The highest BCUT2D eigenvalue weighted by molar-refractivity contribution is 5.79. The van der Waals surface area contributed by atoms with Gasteiger partial charge in [0.1, 0.15) is 0 Å². The van der Waals surface area contributed by atoms with E-state index in [1.54, 1.807) is 0 Å². The lowest BCUT2D eigenvalue weighted by Gasteiger charge is -2.32. The molecular weight excluding hydrogens is 400 g/mol. The summed E-state index contributed by atoms with van der Waals surface area (Å²) in [6.45, 7) is 12.6. The third-order valence-corrected chi connectivity index (χ3v) is 6.15. The van der Waals surface area contributed by atoms with Gasteiger partial charge in [-0.05, 0) is 45.6 Å². The molecular formula is C25H40N6O. The minimum absolute atomic E-state index is 0.389. The highest BCUT2D eigenvalue weighted by atomic mass is 16.5. The monoisotopic (exact) mass is 440 g/mol. The van der Waals surface area contributed by atoms with Crippen LogP contribution in [0.1, 0.15) is 48.7 Å². The molecule has 0 saturated carbocycles. The maximum Gasteiger partial charge on any atom is 0.191 e. The van der Waals surface area contributed by atoms with Crippen LogP contribution < -0.4 is 10.6 Å². The van der Waals surface area contributed by atoms with Gasteiger partial charge in [-0.1, -0.05) is 30.3 Å². The minimum atomic E-state index is 0.389. The molecule has 176 valence electrons. The Morgan fingerprint density at radius 1 is 1.16 bits per heavy atom. The van der Waals surface area contributed by atoms with E-state index in [2.05, 4.69) is 64.8 Å². The second-order valence-electron chi connectivity index (χ2n) is 8.58. The molecule has 3 rings (SSSR count). The number of piperidine rings is 1. The molecule has 1 aromatic carbocycles. The third-order valence-electron chi connectivity index (χ3n) is 6.15. The van der Waals surface area contributed by atoms with Gasteiger partial charge in [0.05, 0.1) is 18.3 Å². The lowest BCUT2D eigenvalue weighted by atomic mass is 10.1. The van der Waals surface area contributed by atoms with Crippen LogP contribution in [-0.2, 0) is 24.9 Å². The Balaban J connectivity index is 1.32. The van der Waals surface area contributed by atoms with E-state index in [1.165, 1.54) is 16.8 Å². The van der Waals surface area contributed by atoms with Crippen LogP contribution in [0.2, 0.25) is 0 Å². The van der Waals surface area contributed by atoms with E-state index in [1.807, 2.05) is 18.7 Å². The molecule has 7 nitrogen and oxygen atoms in total. The van der Waals surface area contributed by atoms with Gasteiger partial charge in [-0.25, -0.2) is 4.99 Å². The van der Waals surface area contributed by atoms with Gasteiger partial charge in [0.15, 0.2) is 5.96 Å². The van der Waals surface area contributed by atoms with Gasteiger partial charge < -0.3 is 15.4 Å². The third kappa shape index (κ3) is 7.35. The van der Waals surface area contributed by atoms with Gasteiger partial charge in [-0.2, -0.15) is 5.10 Å². The van der Waals surface area contributed by atoms with Crippen molar-refractivity contribution >= 4 is 5.96 Å². The lowest BCUT2D eigenvalue weighted by Crippen LogP contribution is -2.38. The summed E-state index contributed by atoms with van der Waals surface area (Å²) in [4.78, 5) is 7.27. The van der Waals surface area contributed by atoms with Crippen LogP contribution in [0.5, 0.6) is 0 Å². The van der Waals surface area contributed by atoms with Crippen LogP contribution in [0.3, 0.4) is 0 Å². The van der Waals surface area contributed by atoms with Crippen molar-refractivity contribution < 1.29 is 4.74 Å². The SMILES string of the molecule is CCNC(=NCc1c(C)nn(C)c1C)NCCCOC1CCN(Cc2ccccc2)CC1. The number of hydrogen-bond acceptors (Lipinski definition) is 4. The predicted molar refractivity (Wildman–Crippen MR) is 131 cm³/mol. The summed E-state index contributed by atoms with van der Waals surface area (Å²) in [5, 5.41) is 11.2. The molecule has 32 heavy (non-hydrogen) atoms. The Hall–Kier alpha value is -2.38. The highest BCUT2D eigenvalue weighted by Gasteiger charge is 2.19. The lowest BCUT2D eigenvalue weighted by molar-refractivity contribution is 0.00534. The van der Waals surface area contributed by atoms with Crippen molar-refractivity contribution in [2.45, 2.75) is 59.2 Å². The maximum absolute atomic E-state index is 6.15. The first kappa shape index (κ1) is 24.3. The Morgan fingerprint density at radius 2 is 1.91 bits per heavy atom. The molecule has 7 heteroatoms. The summed E-state index contributed by atoms with van der Waals surface area (Å²) in [7, 11) is 1.98. The summed E-state index contributed by atoms with van der Waals surface area (Å²) in [5.74, 6) is 0.851. The molecule has 1 fully saturated rings. The van der Waals surface area contributed by atoms with Crippen molar-refractivity contribution in [2.24, 2.45) is 12.0 Å². The van der Waals surface area contributed by atoms with Gasteiger partial charge in [-0.3, -0.25) is 9.58 Å². The van der Waals surface area contributed by atoms with E-state index in [0.29, 0.717) is 12.6 Å². The summed E-state index contributed by atoms with van der Waals surface area (Å²) >= 11 is 0. The van der Waals surface area contributed by atoms with Crippen LogP contribution in [0.15, 0.2) is 35.3 Å². The second-order valence-corrected chi connectivity index (χ2v) is 8.58. The topological polar surface area (TPSA) is 66.7 Å². The number of aliphatic imine (C=N–C) groups is 1. The van der Waals surface area contributed by atoms with Gasteiger partial charge >= 0.3 is 0 Å². The molecule has 0 atom stereocenters. The first-order valence-electron chi connectivity index (χ1n) is 12.0. The number of rotatable bonds is 10. The van der Waals surface area contributed by atoms with E-state index in [9.17, 15) is 0 Å².